The van der Waals surface area contributed by atoms with Gasteiger partial charge in [-0.25, -0.2) is 8.78 Å². The Morgan fingerprint density at radius 1 is 1.24 bits per heavy atom. The Hall–Kier alpha value is -1.64. The van der Waals surface area contributed by atoms with Crippen LogP contribution in [0, 0.1) is 5.92 Å². The SMILES string of the molecule is CN1C=CC(=C2C=CC=CC2)C=C1C1CCCC(F)(F)C1. The quantitative estimate of drug-likeness (QED) is 0.659. The van der Waals surface area contributed by atoms with Gasteiger partial charge in [0, 0.05) is 37.7 Å². The van der Waals surface area contributed by atoms with E-state index in [1.165, 1.54) is 5.57 Å². The molecule has 2 aliphatic carbocycles. The van der Waals surface area contributed by atoms with E-state index in [0.717, 1.165) is 24.1 Å². The van der Waals surface area contributed by atoms with Crippen molar-refractivity contribution in [3.05, 3.63) is 59.5 Å². The number of hydrogen-bond donors (Lipinski definition) is 0. The van der Waals surface area contributed by atoms with Crippen LogP contribution in [0.4, 0.5) is 8.78 Å². The Labute approximate surface area is 125 Å². The van der Waals surface area contributed by atoms with Crippen LogP contribution in [-0.4, -0.2) is 17.9 Å². The average molecular weight is 289 g/mol. The monoisotopic (exact) mass is 289 g/mol. The summed E-state index contributed by atoms with van der Waals surface area (Å²) in [4.78, 5) is 2.00. The van der Waals surface area contributed by atoms with Gasteiger partial charge < -0.3 is 4.90 Å². The molecule has 21 heavy (non-hydrogen) atoms. The van der Waals surface area contributed by atoms with Gasteiger partial charge >= 0.3 is 0 Å². The fourth-order valence-electron chi connectivity index (χ4n) is 3.34. The zero-order valence-electron chi connectivity index (χ0n) is 12.4. The predicted molar refractivity (Wildman–Crippen MR) is 81.8 cm³/mol. The zero-order chi connectivity index (χ0) is 14.9. The summed E-state index contributed by atoms with van der Waals surface area (Å²) < 4.78 is 27.4. The normalized spacial score (nSPS) is 31.5. The van der Waals surface area contributed by atoms with Crippen LogP contribution in [0.5, 0.6) is 0 Å². The van der Waals surface area contributed by atoms with Gasteiger partial charge in [-0.3, -0.25) is 0 Å². The Balaban J connectivity index is 1.88. The van der Waals surface area contributed by atoms with Crippen LogP contribution in [0.2, 0.25) is 0 Å². The number of halogens is 2. The third-order valence-electron chi connectivity index (χ3n) is 4.50. The highest BCUT2D eigenvalue weighted by molar-refractivity contribution is 5.47. The fourth-order valence-corrected chi connectivity index (χ4v) is 3.34. The van der Waals surface area contributed by atoms with Crippen LogP contribution in [0.1, 0.15) is 32.1 Å². The molecule has 1 fully saturated rings. The molecule has 0 aromatic carbocycles. The van der Waals surface area contributed by atoms with Gasteiger partial charge in [0.05, 0.1) is 0 Å². The molecule has 1 aliphatic heterocycles. The summed E-state index contributed by atoms with van der Waals surface area (Å²) in [6.45, 7) is 0. The number of hydrogen-bond acceptors (Lipinski definition) is 1. The van der Waals surface area contributed by atoms with Crippen molar-refractivity contribution in [1.82, 2.24) is 4.90 Å². The third-order valence-corrected chi connectivity index (χ3v) is 4.50. The molecule has 0 saturated heterocycles. The maximum Gasteiger partial charge on any atom is 0.248 e. The van der Waals surface area contributed by atoms with Crippen LogP contribution in [0.15, 0.2) is 59.5 Å². The molecule has 0 spiro atoms. The molecule has 1 heterocycles. The van der Waals surface area contributed by atoms with Gasteiger partial charge in [0.25, 0.3) is 0 Å². The van der Waals surface area contributed by atoms with E-state index in [0.29, 0.717) is 6.42 Å². The first kappa shape index (κ1) is 14.3. The van der Waals surface area contributed by atoms with Gasteiger partial charge in [-0.1, -0.05) is 24.3 Å². The lowest BCUT2D eigenvalue weighted by atomic mass is 9.82. The van der Waals surface area contributed by atoms with Crippen LogP contribution < -0.4 is 0 Å². The van der Waals surface area contributed by atoms with Gasteiger partial charge in [-0.15, -0.1) is 0 Å². The Kier molecular flexibility index (Phi) is 3.83. The lowest BCUT2D eigenvalue weighted by Gasteiger charge is -2.35. The molecule has 1 atom stereocenters. The van der Waals surface area contributed by atoms with Crippen LogP contribution in [0.3, 0.4) is 0 Å². The summed E-state index contributed by atoms with van der Waals surface area (Å²) in [5.41, 5.74) is 3.43. The van der Waals surface area contributed by atoms with E-state index in [-0.39, 0.29) is 18.8 Å². The summed E-state index contributed by atoms with van der Waals surface area (Å²) in [5.74, 6) is -2.55. The number of alkyl halides is 2. The molecule has 0 aromatic heterocycles. The molecule has 0 N–H and O–H groups in total. The van der Waals surface area contributed by atoms with E-state index in [1.807, 2.05) is 30.3 Å². The van der Waals surface area contributed by atoms with E-state index in [1.54, 1.807) is 0 Å². The highest BCUT2D eigenvalue weighted by atomic mass is 19.3. The molecule has 3 rings (SSSR count). The van der Waals surface area contributed by atoms with Crippen molar-refractivity contribution in [2.45, 2.75) is 38.0 Å². The van der Waals surface area contributed by atoms with Crippen molar-refractivity contribution in [2.24, 2.45) is 5.92 Å². The maximum atomic E-state index is 13.7. The number of allylic oxidation sites excluding steroid dienone is 9. The summed E-state index contributed by atoms with van der Waals surface area (Å²) in [6.07, 6.45) is 16.9. The van der Waals surface area contributed by atoms with E-state index >= 15 is 0 Å². The van der Waals surface area contributed by atoms with Crippen molar-refractivity contribution < 1.29 is 8.78 Å². The standard InChI is InChI=1S/C18H21F2N/c1-21-11-9-15(14-6-3-2-4-7-14)12-17(21)16-8-5-10-18(19,20)13-16/h2-4,6,9,11-12,16H,5,7-8,10,13H2,1H3. The van der Waals surface area contributed by atoms with Crippen molar-refractivity contribution in [1.29, 1.82) is 0 Å². The molecule has 1 nitrogen and oxygen atoms in total. The Morgan fingerprint density at radius 2 is 2.10 bits per heavy atom. The second-order valence-corrected chi connectivity index (χ2v) is 6.12. The van der Waals surface area contributed by atoms with Crippen LogP contribution >= 0.6 is 0 Å². The van der Waals surface area contributed by atoms with Gasteiger partial charge in [0.2, 0.25) is 5.92 Å². The van der Waals surface area contributed by atoms with Gasteiger partial charge in [0.15, 0.2) is 0 Å². The van der Waals surface area contributed by atoms with Gasteiger partial charge in [0.1, 0.15) is 0 Å². The average Bonchev–Trinajstić information content (AvgIpc) is 2.47. The predicted octanol–water partition coefficient (Wildman–Crippen LogP) is 4.97. The minimum absolute atomic E-state index is 0.0185. The van der Waals surface area contributed by atoms with Crippen molar-refractivity contribution in [2.75, 3.05) is 7.05 Å². The molecule has 0 aromatic rings. The Bertz CT molecular complexity index is 564. The molecule has 0 bridgehead atoms. The summed E-state index contributed by atoms with van der Waals surface area (Å²) in [5, 5.41) is 0. The summed E-state index contributed by atoms with van der Waals surface area (Å²) >= 11 is 0. The van der Waals surface area contributed by atoms with Crippen molar-refractivity contribution in [3.63, 3.8) is 0 Å². The highest BCUT2D eigenvalue weighted by Gasteiger charge is 2.38. The first-order chi connectivity index (χ1) is 10.1. The molecule has 3 heteroatoms. The summed E-state index contributed by atoms with van der Waals surface area (Å²) in [6, 6.07) is 0. The van der Waals surface area contributed by atoms with Gasteiger partial charge in [-0.05, 0) is 42.6 Å². The summed E-state index contributed by atoms with van der Waals surface area (Å²) in [7, 11) is 1.95. The van der Waals surface area contributed by atoms with Crippen molar-refractivity contribution >= 4 is 0 Å². The van der Waals surface area contributed by atoms with Crippen LogP contribution in [-0.2, 0) is 0 Å². The molecule has 1 unspecified atom stereocenters. The first-order valence-electron chi connectivity index (χ1n) is 7.62. The molecule has 112 valence electrons. The lowest BCUT2D eigenvalue weighted by Crippen LogP contribution is -2.31. The van der Waals surface area contributed by atoms with Crippen LogP contribution in [0.25, 0.3) is 0 Å². The minimum atomic E-state index is -2.51. The zero-order valence-corrected chi connectivity index (χ0v) is 12.4. The second kappa shape index (κ2) is 5.63. The highest BCUT2D eigenvalue weighted by Crippen LogP contribution is 2.41. The fraction of sp³-hybridized carbons (Fsp3) is 0.444. The second-order valence-electron chi connectivity index (χ2n) is 6.12. The topological polar surface area (TPSA) is 3.24 Å². The lowest BCUT2D eigenvalue weighted by molar-refractivity contribution is -0.0492. The van der Waals surface area contributed by atoms with E-state index in [4.69, 9.17) is 0 Å². The molecule has 0 radical (unpaired) electrons. The van der Waals surface area contributed by atoms with E-state index in [2.05, 4.69) is 24.3 Å². The minimum Gasteiger partial charge on any atom is -0.354 e. The molecular weight excluding hydrogens is 268 g/mol. The molecule has 3 aliphatic rings. The van der Waals surface area contributed by atoms with E-state index < -0.39 is 5.92 Å². The van der Waals surface area contributed by atoms with E-state index in [9.17, 15) is 8.78 Å². The largest absolute Gasteiger partial charge is 0.354 e. The smallest absolute Gasteiger partial charge is 0.248 e. The molecule has 1 saturated carbocycles. The molecular formula is C18H21F2N. The number of nitrogens with zero attached hydrogens (tertiary/aromatic N) is 1. The maximum absolute atomic E-state index is 13.7. The number of rotatable bonds is 1. The third kappa shape index (κ3) is 3.17. The molecule has 0 amide bonds. The van der Waals surface area contributed by atoms with Crippen molar-refractivity contribution in [3.8, 4) is 0 Å². The van der Waals surface area contributed by atoms with Gasteiger partial charge in [-0.2, -0.15) is 0 Å². The Morgan fingerprint density at radius 3 is 2.81 bits per heavy atom. The first-order valence-corrected chi connectivity index (χ1v) is 7.62.